The summed E-state index contributed by atoms with van der Waals surface area (Å²) in [7, 11) is 0. The molecule has 3 fully saturated rings. The van der Waals surface area contributed by atoms with Gasteiger partial charge in [-0.15, -0.1) is 0 Å². The Bertz CT molecular complexity index is 219. The van der Waals surface area contributed by atoms with E-state index in [1.807, 2.05) is 0 Å². The highest BCUT2D eigenvalue weighted by Crippen LogP contribution is 2.61. The fraction of sp³-hybridized carbons (Fsp3) is 1.00. The van der Waals surface area contributed by atoms with Gasteiger partial charge in [-0.25, -0.2) is 0 Å². The monoisotopic (exact) mass is 194 g/mol. The van der Waals surface area contributed by atoms with Crippen molar-refractivity contribution in [2.75, 3.05) is 0 Å². The standard InChI is InChI=1S/C13H22O/c14-13(11-5-6-11)10-4-3-9-12(13)7-1-2-8-12/h11,14H,1-10H2. The van der Waals surface area contributed by atoms with E-state index in [-0.39, 0.29) is 5.60 Å². The van der Waals surface area contributed by atoms with Gasteiger partial charge in [-0.3, -0.25) is 0 Å². The van der Waals surface area contributed by atoms with Gasteiger partial charge in [0.05, 0.1) is 5.60 Å². The van der Waals surface area contributed by atoms with E-state index in [0.29, 0.717) is 11.3 Å². The van der Waals surface area contributed by atoms with Crippen molar-refractivity contribution in [2.45, 2.75) is 69.8 Å². The second-order valence-corrected chi connectivity index (χ2v) is 5.89. The lowest BCUT2D eigenvalue weighted by molar-refractivity contribution is -0.128. The lowest BCUT2D eigenvalue weighted by Crippen LogP contribution is -2.50. The highest BCUT2D eigenvalue weighted by atomic mass is 16.3. The van der Waals surface area contributed by atoms with Crippen molar-refractivity contribution >= 4 is 0 Å². The average molecular weight is 194 g/mol. The van der Waals surface area contributed by atoms with Gasteiger partial charge in [-0.1, -0.05) is 25.7 Å². The van der Waals surface area contributed by atoms with Crippen LogP contribution in [0.2, 0.25) is 0 Å². The molecule has 1 nitrogen and oxygen atoms in total. The zero-order valence-electron chi connectivity index (χ0n) is 9.10. The minimum Gasteiger partial charge on any atom is -0.389 e. The van der Waals surface area contributed by atoms with Crippen LogP contribution >= 0.6 is 0 Å². The summed E-state index contributed by atoms with van der Waals surface area (Å²) >= 11 is 0. The average Bonchev–Trinajstić information content (AvgIpc) is 2.94. The maximum atomic E-state index is 11.0. The van der Waals surface area contributed by atoms with Crippen molar-refractivity contribution in [3.05, 3.63) is 0 Å². The molecule has 14 heavy (non-hydrogen) atoms. The van der Waals surface area contributed by atoms with Crippen LogP contribution in [0.25, 0.3) is 0 Å². The van der Waals surface area contributed by atoms with Gasteiger partial charge >= 0.3 is 0 Å². The molecule has 3 saturated carbocycles. The zero-order chi connectivity index (χ0) is 9.65. The summed E-state index contributed by atoms with van der Waals surface area (Å²) in [5, 5.41) is 11.0. The van der Waals surface area contributed by atoms with Gasteiger partial charge in [-0.05, 0) is 49.9 Å². The first-order valence-electron chi connectivity index (χ1n) is 6.49. The Hall–Kier alpha value is -0.0400. The van der Waals surface area contributed by atoms with Crippen molar-refractivity contribution in [1.29, 1.82) is 0 Å². The Morgan fingerprint density at radius 3 is 1.79 bits per heavy atom. The van der Waals surface area contributed by atoms with Gasteiger partial charge in [0.25, 0.3) is 0 Å². The van der Waals surface area contributed by atoms with E-state index in [1.54, 1.807) is 0 Å². The van der Waals surface area contributed by atoms with Crippen LogP contribution in [-0.4, -0.2) is 10.7 Å². The third-order valence-electron chi connectivity index (χ3n) is 5.19. The Balaban J connectivity index is 1.90. The van der Waals surface area contributed by atoms with Crippen molar-refractivity contribution in [3.8, 4) is 0 Å². The highest BCUT2D eigenvalue weighted by Gasteiger charge is 2.58. The van der Waals surface area contributed by atoms with E-state index >= 15 is 0 Å². The molecule has 3 aliphatic carbocycles. The summed E-state index contributed by atoms with van der Waals surface area (Å²) in [6, 6.07) is 0. The normalized spacial score (nSPS) is 41.8. The Morgan fingerprint density at radius 2 is 1.29 bits per heavy atom. The van der Waals surface area contributed by atoms with Crippen LogP contribution in [0, 0.1) is 11.3 Å². The highest BCUT2D eigenvalue weighted by molar-refractivity contribution is 5.10. The molecule has 0 aliphatic heterocycles. The third kappa shape index (κ3) is 1.11. The molecular formula is C13H22O. The van der Waals surface area contributed by atoms with E-state index in [9.17, 15) is 5.11 Å². The molecule has 80 valence electrons. The summed E-state index contributed by atoms with van der Waals surface area (Å²) in [5.41, 5.74) is 0.133. The maximum absolute atomic E-state index is 11.0. The molecule has 3 aliphatic rings. The first kappa shape index (κ1) is 9.21. The summed E-state index contributed by atoms with van der Waals surface area (Å²) in [6.45, 7) is 0. The van der Waals surface area contributed by atoms with E-state index in [2.05, 4.69) is 0 Å². The van der Waals surface area contributed by atoms with E-state index in [4.69, 9.17) is 0 Å². The number of hydrogen-bond donors (Lipinski definition) is 1. The Morgan fingerprint density at radius 1 is 0.786 bits per heavy atom. The van der Waals surface area contributed by atoms with Crippen molar-refractivity contribution in [2.24, 2.45) is 11.3 Å². The number of rotatable bonds is 1. The molecule has 3 rings (SSSR count). The minimum atomic E-state index is -0.234. The van der Waals surface area contributed by atoms with Crippen molar-refractivity contribution in [3.63, 3.8) is 0 Å². The second kappa shape index (κ2) is 2.98. The molecular weight excluding hydrogens is 172 g/mol. The number of aliphatic hydroxyl groups is 1. The number of hydrogen-bond acceptors (Lipinski definition) is 1. The summed E-state index contributed by atoms with van der Waals surface area (Å²) in [6.07, 6.45) is 13.1. The van der Waals surface area contributed by atoms with Crippen LogP contribution in [-0.2, 0) is 0 Å². The summed E-state index contributed by atoms with van der Waals surface area (Å²) in [4.78, 5) is 0. The third-order valence-corrected chi connectivity index (χ3v) is 5.19. The molecule has 1 unspecified atom stereocenters. The van der Waals surface area contributed by atoms with Crippen LogP contribution in [0.4, 0.5) is 0 Å². The first-order valence-corrected chi connectivity index (χ1v) is 6.49. The Labute approximate surface area is 86.9 Å². The molecule has 0 radical (unpaired) electrons. The predicted molar refractivity (Wildman–Crippen MR) is 57.0 cm³/mol. The van der Waals surface area contributed by atoms with Crippen LogP contribution in [0.3, 0.4) is 0 Å². The molecule has 0 bridgehead atoms. The van der Waals surface area contributed by atoms with Crippen LogP contribution in [0.5, 0.6) is 0 Å². The van der Waals surface area contributed by atoms with E-state index in [1.165, 1.54) is 57.8 Å². The molecule has 1 N–H and O–H groups in total. The summed E-state index contributed by atoms with van der Waals surface area (Å²) < 4.78 is 0. The van der Waals surface area contributed by atoms with Crippen LogP contribution in [0.15, 0.2) is 0 Å². The second-order valence-electron chi connectivity index (χ2n) is 5.89. The lowest BCUT2D eigenvalue weighted by Gasteiger charge is -2.49. The van der Waals surface area contributed by atoms with E-state index in [0.717, 1.165) is 6.42 Å². The van der Waals surface area contributed by atoms with E-state index < -0.39 is 0 Å². The fourth-order valence-electron chi connectivity index (χ4n) is 4.27. The topological polar surface area (TPSA) is 20.2 Å². The van der Waals surface area contributed by atoms with Crippen molar-refractivity contribution in [1.82, 2.24) is 0 Å². The lowest BCUT2D eigenvalue weighted by atomic mass is 9.60. The molecule has 0 aromatic rings. The SMILES string of the molecule is OC1(C2CC2)CCCCC12CCCC2. The van der Waals surface area contributed by atoms with Gasteiger partial charge in [0.15, 0.2) is 0 Å². The maximum Gasteiger partial charge on any atom is 0.0731 e. The van der Waals surface area contributed by atoms with Gasteiger partial charge in [0.1, 0.15) is 0 Å². The molecule has 0 aromatic carbocycles. The smallest absolute Gasteiger partial charge is 0.0731 e. The van der Waals surface area contributed by atoms with Gasteiger partial charge in [0.2, 0.25) is 0 Å². The zero-order valence-corrected chi connectivity index (χ0v) is 9.10. The fourth-order valence-corrected chi connectivity index (χ4v) is 4.27. The molecule has 0 heterocycles. The van der Waals surface area contributed by atoms with Crippen molar-refractivity contribution < 1.29 is 5.11 Å². The molecule has 1 atom stereocenters. The first-order chi connectivity index (χ1) is 6.77. The van der Waals surface area contributed by atoms with Crippen LogP contribution < -0.4 is 0 Å². The molecule has 1 heteroatoms. The van der Waals surface area contributed by atoms with Gasteiger partial charge in [0, 0.05) is 0 Å². The molecule has 0 aromatic heterocycles. The predicted octanol–water partition coefficient (Wildman–Crippen LogP) is 3.26. The van der Waals surface area contributed by atoms with Gasteiger partial charge in [-0.2, -0.15) is 0 Å². The molecule has 0 amide bonds. The largest absolute Gasteiger partial charge is 0.389 e. The van der Waals surface area contributed by atoms with Crippen LogP contribution in [0.1, 0.15) is 64.2 Å². The quantitative estimate of drug-likeness (QED) is 0.679. The van der Waals surface area contributed by atoms with Gasteiger partial charge < -0.3 is 5.11 Å². The molecule has 1 spiro atoms. The molecule has 0 saturated heterocycles. The summed E-state index contributed by atoms with van der Waals surface area (Å²) in [5.74, 6) is 0.681. The minimum absolute atomic E-state index is 0.234. The Kier molecular flexibility index (Phi) is 1.96.